The van der Waals surface area contributed by atoms with Gasteiger partial charge in [-0.05, 0) is 59.4 Å². The van der Waals surface area contributed by atoms with Gasteiger partial charge in [0, 0.05) is 43.7 Å². The molecule has 0 spiro atoms. The molecular formula is C37H38N4O6. The Bertz CT molecular complexity index is 1760. The van der Waals surface area contributed by atoms with Crippen LogP contribution in [0.4, 0.5) is 0 Å². The Balaban J connectivity index is 1.26. The number of amides is 5. The molecule has 4 aromatic rings. The lowest BCUT2D eigenvalue weighted by molar-refractivity contribution is -0.125. The lowest BCUT2D eigenvalue weighted by atomic mass is 10.0. The molecule has 4 rings (SSSR count). The van der Waals surface area contributed by atoms with Gasteiger partial charge in [0.25, 0.3) is 11.8 Å². The summed E-state index contributed by atoms with van der Waals surface area (Å²) >= 11 is 0. The van der Waals surface area contributed by atoms with E-state index in [0.717, 1.165) is 27.5 Å². The summed E-state index contributed by atoms with van der Waals surface area (Å²) in [5, 5.41) is 10.1. The second-order valence-electron chi connectivity index (χ2n) is 11.3. The molecule has 47 heavy (non-hydrogen) atoms. The van der Waals surface area contributed by atoms with Crippen molar-refractivity contribution in [2.75, 3.05) is 13.6 Å². The molecule has 0 saturated heterocycles. The average molecular weight is 635 g/mol. The van der Waals surface area contributed by atoms with Crippen molar-refractivity contribution in [3.63, 3.8) is 0 Å². The van der Waals surface area contributed by atoms with Crippen LogP contribution in [0, 0.1) is 0 Å². The maximum atomic E-state index is 13.2. The quantitative estimate of drug-likeness (QED) is 0.169. The van der Waals surface area contributed by atoms with Gasteiger partial charge in [0.05, 0.1) is 12.0 Å². The zero-order valence-corrected chi connectivity index (χ0v) is 26.5. The summed E-state index contributed by atoms with van der Waals surface area (Å²) in [5.41, 5.74) is 3.41. The smallest absolute Gasteiger partial charge is 0.254 e. The number of carbonyl (C=O) groups is 6. The maximum absolute atomic E-state index is 13.2. The molecule has 0 fully saturated rings. The molecule has 0 heterocycles. The normalized spacial score (nSPS) is 11.3. The number of nitrogens with one attached hydrogen (secondary N) is 3. The molecule has 0 aromatic heterocycles. The first-order valence-corrected chi connectivity index (χ1v) is 15.4. The second-order valence-corrected chi connectivity index (χ2v) is 11.3. The number of hydrogen-bond acceptors (Lipinski definition) is 6. The molecule has 0 radical (unpaired) electrons. The first-order valence-electron chi connectivity index (χ1n) is 15.4. The fraction of sp³-hybridized carbons (Fsp3) is 0.243. The van der Waals surface area contributed by atoms with E-state index in [1.165, 1.54) is 23.1 Å². The fourth-order valence-corrected chi connectivity index (χ4v) is 5.18. The van der Waals surface area contributed by atoms with Gasteiger partial charge in [0.1, 0.15) is 0 Å². The zero-order valence-electron chi connectivity index (χ0n) is 26.5. The van der Waals surface area contributed by atoms with Gasteiger partial charge in [0.2, 0.25) is 18.2 Å². The number of benzene rings is 4. The summed E-state index contributed by atoms with van der Waals surface area (Å²) in [6.07, 6.45) is 2.09. The highest BCUT2D eigenvalue weighted by molar-refractivity contribution is 6.04. The molecule has 0 saturated carbocycles. The van der Waals surface area contributed by atoms with Crippen LogP contribution < -0.4 is 16.0 Å². The van der Waals surface area contributed by atoms with Gasteiger partial charge < -0.3 is 15.5 Å². The average Bonchev–Trinajstić information content (AvgIpc) is 3.09. The third-order valence-corrected chi connectivity index (χ3v) is 8.11. The van der Waals surface area contributed by atoms with Crippen LogP contribution >= 0.6 is 0 Å². The van der Waals surface area contributed by atoms with Gasteiger partial charge in [-0.25, -0.2) is 0 Å². The standard InChI is InChI=1S/C37H38N4O6/c1-25(10-17-34(44)40-24-43)41(2)37(47)33-20-30(15-16-31(33)23-42)36(46)38-19-18-26-11-13-27(14-12-26)22-39-35(45)21-29-8-5-7-28-6-3-4-9-32(28)29/h3-9,11-16,20,23-25H,10,17-19,21-22H2,1-2H3,(H,38,46)(H,39,45)(H,40,43,44). The summed E-state index contributed by atoms with van der Waals surface area (Å²) in [6, 6.07) is 25.7. The third kappa shape index (κ3) is 9.43. The molecule has 1 unspecified atom stereocenters. The van der Waals surface area contributed by atoms with Crippen molar-refractivity contribution >= 4 is 47.1 Å². The Kier molecular flexibility index (Phi) is 12.1. The number of imide groups is 1. The Morgan fingerprint density at radius 2 is 1.55 bits per heavy atom. The Morgan fingerprint density at radius 3 is 2.30 bits per heavy atom. The van der Waals surface area contributed by atoms with E-state index in [4.69, 9.17) is 0 Å². The number of fused-ring (bicyclic) bond motifs is 1. The Hall–Kier alpha value is -5.64. The summed E-state index contributed by atoms with van der Waals surface area (Å²) in [7, 11) is 1.55. The van der Waals surface area contributed by atoms with E-state index < -0.39 is 11.8 Å². The Morgan fingerprint density at radius 1 is 0.830 bits per heavy atom. The van der Waals surface area contributed by atoms with Crippen LogP contribution in [0.25, 0.3) is 10.8 Å². The molecule has 0 aliphatic carbocycles. The highest BCUT2D eigenvalue weighted by Crippen LogP contribution is 2.19. The number of rotatable bonds is 15. The molecule has 3 N–H and O–H groups in total. The lowest BCUT2D eigenvalue weighted by Crippen LogP contribution is -2.37. The van der Waals surface area contributed by atoms with E-state index in [-0.39, 0.29) is 41.0 Å². The monoisotopic (exact) mass is 634 g/mol. The SMILES string of the molecule is CC(CCC(=O)NC=O)N(C)C(=O)c1cc(C(=O)NCCc2ccc(CNC(=O)Cc3cccc4ccccc34)cc2)ccc1C=O. The van der Waals surface area contributed by atoms with Gasteiger partial charge >= 0.3 is 0 Å². The number of aldehydes is 1. The highest BCUT2D eigenvalue weighted by Gasteiger charge is 2.22. The summed E-state index contributed by atoms with van der Waals surface area (Å²) in [5.74, 6) is -1.36. The van der Waals surface area contributed by atoms with Gasteiger partial charge in [-0.1, -0.05) is 72.8 Å². The molecular weight excluding hydrogens is 596 g/mol. The molecule has 5 amide bonds. The van der Waals surface area contributed by atoms with Crippen LogP contribution in [0.5, 0.6) is 0 Å². The minimum atomic E-state index is -0.463. The van der Waals surface area contributed by atoms with Crippen LogP contribution in [0.1, 0.15) is 67.5 Å². The predicted molar refractivity (Wildman–Crippen MR) is 179 cm³/mol. The summed E-state index contributed by atoms with van der Waals surface area (Å²) in [4.78, 5) is 73.9. The van der Waals surface area contributed by atoms with E-state index in [9.17, 15) is 28.8 Å². The van der Waals surface area contributed by atoms with Crippen molar-refractivity contribution in [1.29, 1.82) is 0 Å². The molecule has 0 aliphatic heterocycles. The van der Waals surface area contributed by atoms with Crippen LogP contribution in [0.2, 0.25) is 0 Å². The van der Waals surface area contributed by atoms with Crippen molar-refractivity contribution in [2.45, 2.75) is 45.2 Å². The molecule has 4 aromatic carbocycles. The third-order valence-electron chi connectivity index (χ3n) is 8.11. The van der Waals surface area contributed by atoms with Crippen LogP contribution in [-0.2, 0) is 33.8 Å². The van der Waals surface area contributed by atoms with Gasteiger partial charge in [-0.2, -0.15) is 0 Å². The topological polar surface area (TPSA) is 142 Å². The van der Waals surface area contributed by atoms with Crippen LogP contribution in [0.15, 0.2) is 84.9 Å². The number of hydrogen-bond donors (Lipinski definition) is 3. The highest BCUT2D eigenvalue weighted by atomic mass is 16.2. The van der Waals surface area contributed by atoms with E-state index >= 15 is 0 Å². The van der Waals surface area contributed by atoms with E-state index in [1.807, 2.05) is 66.7 Å². The van der Waals surface area contributed by atoms with E-state index in [0.29, 0.717) is 45.0 Å². The Labute approximate surface area is 273 Å². The van der Waals surface area contributed by atoms with Gasteiger partial charge in [0.15, 0.2) is 6.29 Å². The minimum absolute atomic E-state index is 0.0480. The van der Waals surface area contributed by atoms with E-state index in [2.05, 4.69) is 16.0 Å². The van der Waals surface area contributed by atoms with Gasteiger partial charge in [-0.15, -0.1) is 0 Å². The number of nitrogens with zero attached hydrogens (tertiary/aromatic N) is 1. The molecule has 1 atom stereocenters. The van der Waals surface area contributed by atoms with E-state index in [1.54, 1.807) is 14.0 Å². The fourth-order valence-electron chi connectivity index (χ4n) is 5.18. The second kappa shape index (κ2) is 16.6. The molecule has 242 valence electrons. The van der Waals surface area contributed by atoms with Crippen LogP contribution in [-0.4, -0.2) is 60.9 Å². The van der Waals surface area contributed by atoms with Crippen molar-refractivity contribution < 1.29 is 28.8 Å². The van der Waals surface area contributed by atoms with Crippen LogP contribution in [0.3, 0.4) is 0 Å². The van der Waals surface area contributed by atoms with Crippen molar-refractivity contribution in [3.05, 3.63) is 118 Å². The summed E-state index contributed by atoms with van der Waals surface area (Å²) < 4.78 is 0. The molecule has 0 aliphatic rings. The largest absolute Gasteiger partial charge is 0.352 e. The van der Waals surface area contributed by atoms with Crippen molar-refractivity contribution in [2.24, 2.45) is 0 Å². The first-order chi connectivity index (χ1) is 22.7. The zero-order chi connectivity index (χ0) is 33.8. The van der Waals surface area contributed by atoms with Crippen molar-refractivity contribution in [3.8, 4) is 0 Å². The van der Waals surface area contributed by atoms with Gasteiger partial charge in [-0.3, -0.25) is 34.1 Å². The maximum Gasteiger partial charge on any atom is 0.254 e. The van der Waals surface area contributed by atoms with Crippen molar-refractivity contribution in [1.82, 2.24) is 20.9 Å². The first kappa shape index (κ1) is 34.2. The predicted octanol–water partition coefficient (Wildman–Crippen LogP) is 4.00. The molecule has 0 bridgehead atoms. The minimum Gasteiger partial charge on any atom is -0.352 e. The number of carbonyl (C=O) groups excluding carboxylic acids is 6. The molecule has 10 nitrogen and oxygen atoms in total. The molecule has 10 heteroatoms. The summed E-state index contributed by atoms with van der Waals surface area (Å²) in [6.45, 7) is 2.50. The lowest BCUT2D eigenvalue weighted by Gasteiger charge is -2.25.